The first-order chi connectivity index (χ1) is 9.80. The minimum absolute atomic E-state index is 0.626. The number of imidazole rings is 1. The molecule has 0 spiro atoms. The number of carbonyl (C=O) groups is 1. The molecule has 0 aliphatic carbocycles. The number of aldehydes is 1. The fourth-order valence-electron chi connectivity index (χ4n) is 2.16. The summed E-state index contributed by atoms with van der Waals surface area (Å²) in [6.45, 7) is 0.683. The van der Waals surface area contributed by atoms with Crippen molar-refractivity contribution in [1.82, 2.24) is 9.55 Å². The molecule has 0 unspecified atom stereocenters. The molecule has 0 fully saturated rings. The number of nitrogens with zero attached hydrogens (tertiary/aromatic N) is 3. The summed E-state index contributed by atoms with van der Waals surface area (Å²) in [5.74, 6) is 0. The predicted octanol–water partition coefficient (Wildman–Crippen LogP) is 2.77. The Balaban J connectivity index is 1.94. The molecule has 3 aromatic rings. The molecule has 0 amide bonds. The van der Waals surface area contributed by atoms with Crippen LogP contribution in [0.5, 0.6) is 0 Å². The van der Waals surface area contributed by atoms with Crippen molar-refractivity contribution in [2.45, 2.75) is 6.54 Å². The molecule has 20 heavy (non-hydrogen) atoms. The standard InChI is InChI=1S/C16H11N3O/c17-8-12-1-3-13(4-2-12)9-19-11-18-15-7-14(10-20)5-6-16(15)19/h1-7,10-11H,9H2. The molecular formula is C16H11N3O. The molecule has 0 N–H and O–H groups in total. The zero-order chi connectivity index (χ0) is 13.9. The van der Waals surface area contributed by atoms with E-state index in [1.165, 1.54) is 0 Å². The van der Waals surface area contributed by atoms with Gasteiger partial charge in [-0.05, 0) is 35.9 Å². The van der Waals surface area contributed by atoms with Crippen LogP contribution in [0.3, 0.4) is 0 Å². The van der Waals surface area contributed by atoms with Gasteiger partial charge in [0, 0.05) is 12.1 Å². The van der Waals surface area contributed by atoms with Crippen molar-refractivity contribution in [1.29, 1.82) is 5.26 Å². The van der Waals surface area contributed by atoms with Crippen molar-refractivity contribution in [2.24, 2.45) is 0 Å². The fraction of sp³-hybridized carbons (Fsp3) is 0.0625. The summed E-state index contributed by atoms with van der Waals surface area (Å²) in [6.07, 6.45) is 2.58. The maximum absolute atomic E-state index is 10.7. The molecular weight excluding hydrogens is 250 g/mol. The first kappa shape index (κ1) is 12.1. The molecule has 0 aliphatic heterocycles. The van der Waals surface area contributed by atoms with Crippen molar-refractivity contribution in [3.8, 4) is 6.07 Å². The summed E-state index contributed by atoms with van der Waals surface area (Å²) in [4.78, 5) is 15.1. The van der Waals surface area contributed by atoms with E-state index in [9.17, 15) is 4.79 Å². The molecule has 4 nitrogen and oxygen atoms in total. The second-order valence-electron chi connectivity index (χ2n) is 4.55. The molecule has 4 heteroatoms. The highest BCUT2D eigenvalue weighted by molar-refractivity contribution is 5.84. The Morgan fingerprint density at radius 3 is 2.70 bits per heavy atom. The average Bonchev–Trinajstić information content (AvgIpc) is 2.90. The average molecular weight is 261 g/mol. The Morgan fingerprint density at radius 1 is 1.20 bits per heavy atom. The predicted molar refractivity (Wildman–Crippen MR) is 75.4 cm³/mol. The molecule has 2 aromatic carbocycles. The second kappa shape index (κ2) is 4.98. The van der Waals surface area contributed by atoms with Gasteiger partial charge in [-0.1, -0.05) is 12.1 Å². The van der Waals surface area contributed by atoms with Crippen LogP contribution in [0.25, 0.3) is 11.0 Å². The molecule has 0 atom stereocenters. The third-order valence-electron chi connectivity index (χ3n) is 3.22. The van der Waals surface area contributed by atoms with Gasteiger partial charge in [-0.3, -0.25) is 4.79 Å². The van der Waals surface area contributed by atoms with Crippen molar-refractivity contribution < 1.29 is 4.79 Å². The Morgan fingerprint density at radius 2 is 2.00 bits per heavy atom. The summed E-state index contributed by atoms with van der Waals surface area (Å²) >= 11 is 0. The lowest BCUT2D eigenvalue weighted by molar-refractivity contribution is 0.112. The number of aromatic nitrogens is 2. The molecule has 1 aromatic heterocycles. The zero-order valence-electron chi connectivity index (χ0n) is 10.7. The SMILES string of the molecule is N#Cc1ccc(Cn2cnc3cc(C=O)ccc32)cc1. The molecule has 3 rings (SSSR count). The second-order valence-corrected chi connectivity index (χ2v) is 4.55. The molecule has 1 heterocycles. The fourth-order valence-corrected chi connectivity index (χ4v) is 2.16. The van der Waals surface area contributed by atoms with Crippen LogP contribution in [0, 0.1) is 11.3 Å². The first-order valence-electron chi connectivity index (χ1n) is 6.19. The summed E-state index contributed by atoms with van der Waals surface area (Å²) in [5.41, 5.74) is 4.17. The molecule has 96 valence electrons. The molecule has 0 aliphatic rings. The number of carbonyl (C=O) groups excluding carboxylic acids is 1. The van der Waals surface area contributed by atoms with Gasteiger partial charge in [0.05, 0.1) is 29.0 Å². The number of hydrogen-bond acceptors (Lipinski definition) is 3. The van der Waals surface area contributed by atoms with Gasteiger partial charge in [-0.25, -0.2) is 4.98 Å². The number of fused-ring (bicyclic) bond motifs is 1. The number of rotatable bonds is 3. The van der Waals surface area contributed by atoms with Gasteiger partial charge in [0.1, 0.15) is 6.29 Å². The minimum Gasteiger partial charge on any atom is -0.326 e. The highest BCUT2D eigenvalue weighted by atomic mass is 16.1. The van der Waals surface area contributed by atoms with E-state index in [4.69, 9.17) is 5.26 Å². The lowest BCUT2D eigenvalue weighted by atomic mass is 10.1. The molecule has 0 radical (unpaired) electrons. The maximum atomic E-state index is 10.7. The van der Waals surface area contributed by atoms with Crippen LogP contribution in [0.2, 0.25) is 0 Å². The third-order valence-corrected chi connectivity index (χ3v) is 3.22. The van der Waals surface area contributed by atoms with Gasteiger partial charge in [-0.2, -0.15) is 5.26 Å². The van der Waals surface area contributed by atoms with Gasteiger partial charge in [0.2, 0.25) is 0 Å². The summed E-state index contributed by atoms with van der Waals surface area (Å²) in [5, 5.41) is 8.78. The van der Waals surface area contributed by atoms with E-state index < -0.39 is 0 Å². The monoisotopic (exact) mass is 261 g/mol. The number of nitriles is 1. The quantitative estimate of drug-likeness (QED) is 0.681. The van der Waals surface area contributed by atoms with E-state index >= 15 is 0 Å². The normalized spacial score (nSPS) is 10.3. The number of benzene rings is 2. The Hall–Kier alpha value is -2.93. The topological polar surface area (TPSA) is 58.7 Å². The van der Waals surface area contributed by atoms with Crippen LogP contribution >= 0.6 is 0 Å². The summed E-state index contributed by atoms with van der Waals surface area (Å²) in [7, 11) is 0. The zero-order valence-corrected chi connectivity index (χ0v) is 10.7. The van der Waals surface area contributed by atoms with E-state index in [0.29, 0.717) is 17.7 Å². The summed E-state index contributed by atoms with van der Waals surface area (Å²) in [6, 6.07) is 15.0. The van der Waals surface area contributed by atoms with E-state index in [1.54, 1.807) is 30.6 Å². The third kappa shape index (κ3) is 2.17. The number of hydrogen-bond donors (Lipinski definition) is 0. The van der Waals surface area contributed by atoms with Crippen molar-refractivity contribution in [3.05, 3.63) is 65.5 Å². The van der Waals surface area contributed by atoms with E-state index in [0.717, 1.165) is 22.9 Å². The molecule has 0 bridgehead atoms. The Kier molecular flexibility index (Phi) is 3.02. The van der Waals surface area contributed by atoms with Crippen LogP contribution < -0.4 is 0 Å². The van der Waals surface area contributed by atoms with Gasteiger partial charge in [0.25, 0.3) is 0 Å². The smallest absolute Gasteiger partial charge is 0.150 e. The summed E-state index contributed by atoms with van der Waals surface area (Å²) < 4.78 is 2.02. The van der Waals surface area contributed by atoms with Gasteiger partial charge < -0.3 is 4.57 Å². The Labute approximate surface area is 115 Å². The molecule has 0 saturated carbocycles. The van der Waals surface area contributed by atoms with Crippen LogP contribution in [0.15, 0.2) is 48.8 Å². The van der Waals surface area contributed by atoms with Crippen LogP contribution in [-0.2, 0) is 6.54 Å². The lowest BCUT2D eigenvalue weighted by Gasteiger charge is -2.04. The van der Waals surface area contributed by atoms with Gasteiger partial charge >= 0.3 is 0 Å². The minimum atomic E-state index is 0.626. The highest BCUT2D eigenvalue weighted by Gasteiger charge is 2.04. The van der Waals surface area contributed by atoms with E-state index in [1.807, 2.05) is 22.8 Å². The van der Waals surface area contributed by atoms with E-state index in [-0.39, 0.29) is 0 Å². The van der Waals surface area contributed by atoms with Crippen molar-refractivity contribution in [2.75, 3.05) is 0 Å². The lowest BCUT2D eigenvalue weighted by Crippen LogP contribution is -1.97. The molecule has 0 saturated heterocycles. The van der Waals surface area contributed by atoms with Crippen LogP contribution in [0.4, 0.5) is 0 Å². The first-order valence-corrected chi connectivity index (χ1v) is 6.19. The Bertz CT molecular complexity index is 810. The maximum Gasteiger partial charge on any atom is 0.150 e. The van der Waals surface area contributed by atoms with Gasteiger partial charge in [-0.15, -0.1) is 0 Å². The van der Waals surface area contributed by atoms with Gasteiger partial charge in [0.15, 0.2) is 0 Å². The van der Waals surface area contributed by atoms with Crippen LogP contribution in [0.1, 0.15) is 21.5 Å². The largest absolute Gasteiger partial charge is 0.326 e. The van der Waals surface area contributed by atoms with Crippen LogP contribution in [-0.4, -0.2) is 15.8 Å². The van der Waals surface area contributed by atoms with Crippen molar-refractivity contribution in [3.63, 3.8) is 0 Å². The van der Waals surface area contributed by atoms with Crippen molar-refractivity contribution >= 4 is 17.3 Å². The highest BCUT2D eigenvalue weighted by Crippen LogP contribution is 2.16. The van der Waals surface area contributed by atoms with E-state index in [2.05, 4.69) is 11.1 Å².